The number of hydrogen-bond acceptors (Lipinski definition) is 4. The SMILES string of the molecule is CC(C)c1cc(C(=O)N2CCNC(C)(C)C2)no1. The predicted molar refractivity (Wildman–Crippen MR) is 68.6 cm³/mol. The van der Waals surface area contributed by atoms with Crippen LogP contribution in [0.4, 0.5) is 0 Å². The minimum absolute atomic E-state index is 0.0415. The zero-order valence-electron chi connectivity index (χ0n) is 11.5. The van der Waals surface area contributed by atoms with Crippen LogP contribution in [0.25, 0.3) is 0 Å². The number of amides is 1. The van der Waals surface area contributed by atoms with Gasteiger partial charge in [0.15, 0.2) is 5.69 Å². The van der Waals surface area contributed by atoms with Crippen LogP contribution in [0.1, 0.15) is 49.9 Å². The first-order valence-corrected chi connectivity index (χ1v) is 6.40. The van der Waals surface area contributed by atoms with Crippen molar-refractivity contribution in [2.45, 2.75) is 39.2 Å². The zero-order valence-corrected chi connectivity index (χ0v) is 11.5. The smallest absolute Gasteiger partial charge is 0.276 e. The average molecular weight is 251 g/mol. The van der Waals surface area contributed by atoms with Crippen molar-refractivity contribution in [1.82, 2.24) is 15.4 Å². The lowest BCUT2D eigenvalue weighted by atomic mass is 10.0. The Kier molecular flexibility index (Phi) is 3.43. The molecule has 1 N–H and O–H groups in total. The van der Waals surface area contributed by atoms with E-state index in [1.165, 1.54) is 0 Å². The monoisotopic (exact) mass is 251 g/mol. The Morgan fingerprint density at radius 3 is 2.83 bits per heavy atom. The second-order valence-corrected chi connectivity index (χ2v) is 5.81. The van der Waals surface area contributed by atoms with Crippen molar-refractivity contribution in [2.75, 3.05) is 19.6 Å². The van der Waals surface area contributed by atoms with Gasteiger partial charge in [-0.3, -0.25) is 4.79 Å². The highest BCUT2D eigenvalue weighted by Crippen LogP contribution is 2.18. The number of piperazine rings is 1. The topological polar surface area (TPSA) is 58.4 Å². The van der Waals surface area contributed by atoms with Gasteiger partial charge >= 0.3 is 0 Å². The van der Waals surface area contributed by atoms with Crippen LogP contribution in [0.15, 0.2) is 10.6 Å². The molecular weight excluding hydrogens is 230 g/mol. The number of nitrogens with zero attached hydrogens (tertiary/aromatic N) is 2. The molecule has 18 heavy (non-hydrogen) atoms. The fraction of sp³-hybridized carbons (Fsp3) is 0.692. The van der Waals surface area contributed by atoms with Crippen molar-refractivity contribution in [3.63, 3.8) is 0 Å². The van der Waals surface area contributed by atoms with Crippen LogP contribution in [-0.2, 0) is 0 Å². The number of carbonyl (C=O) groups is 1. The molecule has 2 rings (SSSR count). The molecule has 1 aliphatic heterocycles. The molecule has 0 atom stereocenters. The van der Waals surface area contributed by atoms with Gasteiger partial charge < -0.3 is 14.7 Å². The van der Waals surface area contributed by atoms with Crippen molar-refractivity contribution in [3.8, 4) is 0 Å². The van der Waals surface area contributed by atoms with Crippen LogP contribution >= 0.6 is 0 Å². The molecular formula is C13H21N3O2. The summed E-state index contributed by atoms with van der Waals surface area (Å²) in [5.41, 5.74) is 0.370. The molecule has 1 aromatic rings. The van der Waals surface area contributed by atoms with Gasteiger partial charge in [0, 0.05) is 37.2 Å². The molecule has 1 aliphatic rings. The quantitative estimate of drug-likeness (QED) is 0.867. The summed E-state index contributed by atoms with van der Waals surface area (Å²) in [4.78, 5) is 14.1. The zero-order chi connectivity index (χ0) is 13.3. The van der Waals surface area contributed by atoms with Gasteiger partial charge in [-0.2, -0.15) is 0 Å². The molecule has 0 bridgehead atoms. The molecule has 0 spiro atoms. The molecule has 1 fully saturated rings. The Bertz CT molecular complexity index is 437. The summed E-state index contributed by atoms with van der Waals surface area (Å²) in [6.07, 6.45) is 0. The van der Waals surface area contributed by atoms with Crippen LogP contribution in [0.3, 0.4) is 0 Å². The van der Waals surface area contributed by atoms with Gasteiger partial charge in [0.2, 0.25) is 0 Å². The molecule has 0 aliphatic carbocycles. The highest BCUT2D eigenvalue weighted by Gasteiger charge is 2.30. The Labute approximate surface area is 108 Å². The first kappa shape index (κ1) is 13.1. The number of hydrogen-bond donors (Lipinski definition) is 1. The highest BCUT2D eigenvalue weighted by molar-refractivity contribution is 5.92. The molecule has 5 heteroatoms. The summed E-state index contributed by atoms with van der Waals surface area (Å²) in [5.74, 6) is 0.964. The molecule has 0 unspecified atom stereocenters. The number of aromatic nitrogens is 1. The first-order valence-electron chi connectivity index (χ1n) is 6.40. The van der Waals surface area contributed by atoms with Gasteiger partial charge in [-0.1, -0.05) is 19.0 Å². The van der Waals surface area contributed by atoms with Gasteiger partial charge in [-0.25, -0.2) is 0 Å². The minimum atomic E-state index is -0.0431. The van der Waals surface area contributed by atoms with E-state index in [9.17, 15) is 4.79 Å². The van der Waals surface area contributed by atoms with E-state index < -0.39 is 0 Å². The van der Waals surface area contributed by atoms with E-state index in [4.69, 9.17) is 4.52 Å². The predicted octanol–water partition coefficient (Wildman–Crippen LogP) is 1.62. The van der Waals surface area contributed by atoms with E-state index in [2.05, 4.69) is 24.3 Å². The molecule has 5 nitrogen and oxygen atoms in total. The average Bonchev–Trinajstić information content (AvgIpc) is 2.76. The van der Waals surface area contributed by atoms with Crippen molar-refractivity contribution < 1.29 is 9.32 Å². The second kappa shape index (κ2) is 4.72. The lowest BCUT2D eigenvalue weighted by Gasteiger charge is -2.38. The molecule has 1 aromatic heterocycles. The third-order valence-corrected chi connectivity index (χ3v) is 3.18. The Morgan fingerprint density at radius 1 is 1.56 bits per heavy atom. The van der Waals surface area contributed by atoms with E-state index in [1.54, 1.807) is 6.07 Å². The summed E-state index contributed by atoms with van der Waals surface area (Å²) in [6.45, 7) is 10.4. The van der Waals surface area contributed by atoms with Crippen molar-refractivity contribution in [1.29, 1.82) is 0 Å². The van der Waals surface area contributed by atoms with E-state index in [1.807, 2.05) is 18.7 Å². The molecule has 1 amide bonds. The fourth-order valence-electron chi connectivity index (χ4n) is 2.14. The summed E-state index contributed by atoms with van der Waals surface area (Å²) < 4.78 is 5.18. The molecule has 0 radical (unpaired) electrons. The summed E-state index contributed by atoms with van der Waals surface area (Å²) in [5, 5.41) is 7.25. The molecule has 2 heterocycles. The lowest BCUT2D eigenvalue weighted by Crippen LogP contribution is -2.58. The fourth-order valence-corrected chi connectivity index (χ4v) is 2.14. The lowest BCUT2D eigenvalue weighted by molar-refractivity contribution is 0.0641. The standard InChI is InChI=1S/C13H21N3O2/c1-9(2)11-7-10(15-18-11)12(17)16-6-5-14-13(3,4)8-16/h7,9,14H,5-6,8H2,1-4H3. The summed E-state index contributed by atoms with van der Waals surface area (Å²) in [7, 11) is 0. The van der Waals surface area contributed by atoms with Gasteiger partial charge in [-0.05, 0) is 13.8 Å². The minimum Gasteiger partial charge on any atom is -0.360 e. The number of carbonyl (C=O) groups excluding carboxylic acids is 1. The highest BCUT2D eigenvalue weighted by atomic mass is 16.5. The maximum atomic E-state index is 12.3. The van der Waals surface area contributed by atoms with E-state index in [-0.39, 0.29) is 17.4 Å². The molecule has 1 saturated heterocycles. The van der Waals surface area contributed by atoms with Crippen LogP contribution in [-0.4, -0.2) is 41.1 Å². The van der Waals surface area contributed by atoms with Crippen LogP contribution in [0.2, 0.25) is 0 Å². The van der Waals surface area contributed by atoms with E-state index in [0.717, 1.165) is 12.3 Å². The largest absolute Gasteiger partial charge is 0.360 e. The maximum absolute atomic E-state index is 12.3. The van der Waals surface area contributed by atoms with Crippen LogP contribution in [0, 0.1) is 0 Å². The van der Waals surface area contributed by atoms with Gasteiger partial charge in [-0.15, -0.1) is 0 Å². The number of nitrogens with one attached hydrogen (secondary N) is 1. The van der Waals surface area contributed by atoms with Gasteiger partial charge in [0.1, 0.15) is 5.76 Å². The van der Waals surface area contributed by atoms with E-state index in [0.29, 0.717) is 18.8 Å². The molecule has 0 aromatic carbocycles. The third-order valence-electron chi connectivity index (χ3n) is 3.18. The molecule has 100 valence electrons. The molecule has 0 saturated carbocycles. The Balaban J connectivity index is 2.10. The Hall–Kier alpha value is -1.36. The second-order valence-electron chi connectivity index (χ2n) is 5.81. The summed E-state index contributed by atoms with van der Waals surface area (Å²) in [6, 6.07) is 1.75. The van der Waals surface area contributed by atoms with Gasteiger partial charge in [0.05, 0.1) is 0 Å². The van der Waals surface area contributed by atoms with E-state index >= 15 is 0 Å². The van der Waals surface area contributed by atoms with Gasteiger partial charge in [0.25, 0.3) is 5.91 Å². The van der Waals surface area contributed by atoms with Crippen LogP contribution in [0.5, 0.6) is 0 Å². The third kappa shape index (κ3) is 2.72. The first-order chi connectivity index (χ1) is 8.39. The maximum Gasteiger partial charge on any atom is 0.276 e. The normalized spacial score (nSPS) is 19.3. The number of rotatable bonds is 2. The van der Waals surface area contributed by atoms with Crippen LogP contribution < -0.4 is 5.32 Å². The van der Waals surface area contributed by atoms with Crippen molar-refractivity contribution in [2.24, 2.45) is 0 Å². The van der Waals surface area contributed by atoms with Crippen molar-refractivity contribution in [3.05, 3.63) is 17.5 Å². The van der Waals surface area contributed by atoms with Crippen molar-refractivity contribution >= 4 is 5.91 Å². The summed E-state index contributed by atoms with van der Waals surface area (Å²) >= 11 is 0. The Morgan fingerprint density at radius 2 is 2.28 bits per heavy atom.